The molecule has 0 aliphatic rings. The number of aromatic nitrogens is 2. The molecule has 0 aliphatic heterocycles. The van der Waals surface area contributed by atoms with E-state index in [0.717, 1.165) is 6.42 Å². The maximum atomic E-state index is 11.2. The van der Waals surface area contributed by atoms with Gasteiger partial charge in [0.15, 0.2) is 0 Å². The molecule has 0 amide bonds. The van der Waals surface area contributed by atoms with Crippen LogP contribution in [-0.4, -0.2) is 20.1 Å². The Morgan fingerprint density at radius 1 is 1.53 bits per heavy atom. The van der Waals surface area contributed by atoms with Gasteiger partial charge in [0, 0.05) is 18.3 Å². The summed E-state index contributed by atoms with van der Waals surface area (Å²) in [6.45, 7) is 5.70. The van der Waals surface area contributed by atoms with Crippen molar-refractivity contribution in [2.75, 3.05) is 0 Å². The van der Waals surface area contributed by atoms with Crippen molar-refractivity contribution in [3.05, 3.63) is 21.5 Å². The van der Waals surface area contributed by atoms with Gasteiger partial charge in [-0.15, -0.1) is 11.6 Å². The van der Waals surface area contributed by atoms with Gasteiger partial charge < -0.3 is 0 Å². The number of nitro groups is 1. The van der Waals surface area contributed by atoms with Gasteiger partial charge in [-0.2, -0.15) is 5.10 Å². The van der Waals surface area contributed by atoms with E-state index in [1.807, 2.05) is 20.8 Å². The molecule has 1 rings (SSSR count). The largest absolute Gasteiger partial charge is 0.313 e. The van der Waals surface area contributed by atoms with Gasteiger partial charge in [0.25, 0.3) is 0 Å². The Hall–Kier alpha value is -1.10. The fourth-order valence-electron chi connectivity index (χ4n) is 1.92. The van der Waals surface area contributed by atoms with E-state index in [4.69, 9.17) is 11.6 Å². The van der Waals surface area contributed by atoms with Crippen LogP contribution in [0.2, 0.25) is 0 Å². The fourth-order valence-corrected chi connectivity index (χ4v) is 2.03. The molecule has 0 radical (unpaired) electrons. The summed E-state index contributed by atoms with van der Waals surface area (Å²) >= 11 is 6.03. The van der Waals surface area contributed by atoms with E-state index in [1.54, 1.807) is 11.7 Å². The van der Waals surface area contributed by atoms with Crippen molar-refractivity contribution in [2.24, 2.45) is 7.05 Å². The summed E-state index contributed by atoms with van der Waals surface area (Å²) in [6, 6.07) is 0. The van der Waals surface area contributed by atoms with E-state index in [0.29, 0.717) is 17.8 Å². The zero-order valence-corrected chi connectivity index (χ0v) is 11.4. The number of alkyl halides is 1. The van der Waals surface area contributed by atoms with Crippen LogP contribution in [0.5, 0.6) is 0 Å². The first-order valence-electron chi connectivity index (χ1n) is 5.74. The predicted octanol–water partition coefficient (Wildman–Crippen LogP) is 3.01. The van der Waals surface area contributed by atoms with E-state index < -0.39 is 0 Å². The highest BCUT2D eigenvalue weighted by molar-refractivity contribution is 6.20. The summed E-state index contributed by atoms with van der Waals surface area (Å²) in [5, 5.41) is 15.2. The topological polar surface area (TPSA) is 61.0 Å². The third kappa shape index (κ3) is 2.77. The molecular formula is C11H18ClN3O2. The maximum absolute atomic E-state index is 11.2. The minimum atomic E-state index is -0.344. The number of halogens is 1. The number of hydrogen-bond donors (Lipinski definition) is 0. The van der Waals surface area contributed by atoms with E-state index >= 15 is 0 Å². The van der Waals surface area contributed by atoms with Gasteiger partial charge in [-0.05, 0) is 13.3 Å². The Bertz CT molecular complexity index is 415. The molecule has 1 aromatic rings. The molecule has 0 bridgehead atoms. The first-order chi connectivity index (χ1) is 7.90. The van der Waals surface area contributed by atoms with Crippen molar-refractivity contribution in [3.8, 4) is 0 Å². The normalized spacial score (nSPS) is 14.6. The number of aryl methyl sites for hydroxylation is 2. The van der Waals surface area contributed by atoms with Gasteiger partial charge in [-0.3, -0.25) is 14.8 Å². The molecule has 1 heterocycles. The molecule has 1 aromatic heterocycles. The molecule has 0 N–H and O–H groups in total. The summed E-state index contributed by atoms with van der Waals surface area (Å²) in [5.74, 6) is -0.0971. The molecule has 0 aliphatic carbocycles. The zero-order chi connectivity index (χ0) is 13.2. The summed E-state index contributed by atoms with van der Waals surface area (Å²) in [5.41, 5.74) is 1.30. The van der Waals surface area contributed by atoms with E-state index in [-0.39, 0.29) is 21.9 Å². The monoisotopic (exact) mass is 259 g/mol. The van der Waals surface area contributed by atoms with E-state index in [9.17, 15) is 10.1 Å². The minimum Gasteiger partial charge on any atom is -0.265 e. The third-order valence-electron chi connectivity index (χ3n) is 2.92. The van der Waals surface area contributed by atoms with Crippen LogP contribution in [0.15, 0.2) is 0 Å². The quantitative estimate of drug-likeness (QED) is 0.464. The molecule has 0 saturated heterocycles. The van der Waals surface area contributed by atoms with E-state index in [1.165, 1.54) is 0 Å². The molecule has 96 valence electrons. The van der Waals surface area contributed by atoms with Crippen LogP contribution >= 0.6 is 11.6 Å². The lowest BCUT2D eigenvalue weighted by Gasteiger charge is -2.13. The lowest BCUT2D eigenvalue weighted by molar-refractivity contribution is -0.386. The molecule has 0 aromatic carbocycles. The van der Waals surface area contributed by atoms with Crippen LogP contribution in [0.1, 0.15) is 44.5 Å². The van der Waals surface area contributed by atoms with Crippen LogP contribution in [-0.2, 0) is 13.5 Å². The zero-order valence-electron chi connectivity index (χ0n) is 10.6. The van der Waals surface area contributed by atoms with Gasteiger partial charge in [0.2, 0.25) is 0 Å². The average molecular weight is 260 g/mol. The summed E-state index contributed by atoms with van der Waals surface area (Å²) < 4.78 is 1.59. The molecule has 0 saturated carbocycles. The Morgan fingerprint density at radius 3 is 2.53 bits per heavy atom. The highest BCUT2D eigenvalue weighted by atomic mass is 35.5. The highest BCUT2D eigenvalue weighted by Crippen LogP contribution is 2.33. The van der Waals surface area contributed by atoms with Crippen molar-refractivity contribution in [2.45, 2.75) is 44.9 Å². The number of hydrogen-bond acceptors (Lipinski definition) is 3. The van der Waals surface area contributed by atoms with Crippen LogP contribution in [0.4, 0.5) is 5.69 Å². The van der Waals surface area contributed by atoms with Gasteiger partial charge >= 0.3 is 5.69 Å². The SMILES string of the molecule is CCCc1nn(C)c(C(C)C(C)Cl)c1[N+](=O)[O-]. The van der Waals surface area contributed by atoms with Crippen molar-refractivity contribution < 1.29 is 4.92 Å². The van der Waals surface area contributed by atoms with Crippen molar-refractivity contribution in [3.63, 3.8) is 0 Å². The number of nitrogens with zero attached hydrogens (tertiary/aromatic N) is 3. The minimum absolute atomic E-state index is 0.0971. The van der Waals surface area contributed by atoms with Gasteiger partial charge in [-0.25, -0.2) is 0 Å². The highest BCUT2D eigenvalue weighted by Gasteiger charge is 2.31. The lowest BCUT2D eigenvalue weighted by atomic mass is 10.0. The van der Waals surface area contributed by atoms with Crippen LogP contribution in [0, 0.1) is 10.1 Å². The standard InChI is InChI=1S/C11H18ClN3O2/c1-5-6-9-11(15(16)17)10(14(4)13-9)7(2)8(3)12/h7-8H,5-6H2,1-4H3. The van der Waals surface area contributed by atoms with Gasteiger partial charge in [0.05, 0.1) is 4.92 Å². The third-order valence-corrected chi connectivity index (χ3v) is 3.30. The van der Waals surface area contributed by atoms with Crippen molar-refractivity contribution in [1.29, 1.82) is 0 Å². The molecule has 0 fully saturated rings. The van der Waals surface area contributed by atoms with Crippen LogP contribution in [0.3, 0.4) is 0 Å². The van der Waals surface area contributed by atoms with Gasteiger partial charge in [-0.1, -0.05) is 20.3 Å². The summed E-state index contributed by atoms with van der Waals surface area (Å²) in [7, 11) is 1.73. The average Bonchev–Trinajstić information content (AvgIpc) is 2.54. The van der Waals surface area contributed by atoms with Crippen molar-refractivity contribution in [1.82, 2.24) is 9.78 Å². The molecule has 6 heteroatoms. The lowest BCUT2D eigenvalue weighted by Crippen LogP contribution is -2.12. The molecule has 5 nitrogen and oxygen atoms in total. The summed E-state index contributed by atoms with van der Waals surface area (Å²) in [6.07, 6.45) is 1.45. The Labute approximate surface area is 106 Å². The van der Waals surface area contributed by atoms with Gasteiger partial charge in [0.1, 0.15) is 11.4 Å². The first kappa shape index (κ1) is 14.0. The fraction of sp³-hybridized carbons (Fsp3) is 0.727. The Morgan fingerprint density at radius 2 is 2.12 bits per heavy atom. The van der Waals surface area contributed by atoms with Crippen LogP contribution in [0.25, 0.3) is 0 Å². The molecular weight excluding hydrogens is 242 g/mol. The summed E-state index contributed by atoms with van der Waals surface area (Å²) in [4.78, 5) is 10.8. The molecule has 17 heavy (non-hydrogen) atoms. The Kier molecular flexibility index (Phi) is 4.51. The maximum Gasteiger partial charge on any atom is 0.313 e. The number of rotatable bonds is 5. The second kappa shape index (κ2) is 5.49. The van der Waals surface area contributed by atoms with E-state index in [2.05, 4.69) is 5.10 Å². The van der Waals surface area contributed by atoms with Crippen molar-refractivity contribution >= 4 is 17.3 Å². The molecule has 0 spiro atoms. The molecule has 2 atom stereocenters. The predicted molar refractivity (Wildman–Crippen MR) is 67.6 cm³/mol. The molecule has 2 unspecified atom stereocenters. The second-order valence-electron chi connectivity index (χ2n) is 4.28. The smallest absolute Gasteiger partial charge is 0.265 e. The van der Waals surface area contributed by atoms with Crippen LogP contribution < -0.4 is 0 Å². The first-order valence-corrected chi connectivity index (χ1v) is 6.18. The second-order valence-corrected chi connectivity index (χ2v) is 4.97. The Balaban J connectivity index is 3.32.